The molecule has 0 amide bonds. The maximum Gasteiger partial charge on any atom is 0.264 e. The number of ether oxygens (including phenoxy) is 1. The van der Waals surface area contributed by atoms with Crippen LogP contribution in [0.3, 0.4) is 0 Å². The van der Waals surface area contributed by atoms with Crippen LogP contribution < -0.4 is 10.3 Å². The topological polar surface area (TPSA) is 31.2 Å². The van der Waals surface area contributed by atoms with Crippen molar-refractivity contribution in [3.63, 3.8) is 0 Å². The second-order valence-corrected chi connectivity index (χ2v) is 6.62. The van der Waals surface area contributed by atoms with Crippen LogP contribution in [0, 0.1) is 10.5 Å². The van der Waals surface area contributed by atoms with Gasteiger partial charge in [0.15, 0.2) is 0 Å². The number of aryl methyl sites for hydroxylation is 1. The highest BCUT2D eigenvalue weighted by Crippen LogP contribution is 2.27. The van der Waals surface area contributed by atoms with Crippen LogP contribution in [0.4, 0.5) is 0 Å². The molecule has 112 valence electrons. The number of thioether (sulfide) groups is 1. The minimum atomic E-state index is 0.0673. The lowest BCUT2D eigenvalue weighted by atomic mass is 10.0. The fourth-order valence-corrected chi connectivity index (χ4v) is 2.97. The van der Waals surface area contributed by atoms with Crippen LogP contribution in [-0.2, 0) is 6.54 Å². The Morgan fingerprint density at radius 3 is 2.67 bits per heavy atom. The predicted octanol–water partition coefficient (Wildman–Crippen LogP) is 4.15. The van der Waals surface area contributed by atoms with E-state index in [1.54, 1.807) is 11.8 Å². The van der Waals surface area contributed by atoms with Crippen LogP contribution in [0.2, 0.25) is 0 Å². The summed E-state index contributed by atoms with van der Waals surface area (Å²) >= 11 is 3.73. The number of benzene rings is 1. The largest absolute Gasteiger partial charge is 0.483 e. The van der Waals surface area contributed by atoms with E-state index in [-0.39, 0.29) is 5.56 Å². The quantitative estimate of drug-likeness (QED) is 0.543. The van der Waals surface area contributed by atoms with Gasteiger partial charge < -0.3 is 9.30 Å². The number of aromatic nitrogens is 1. The van der Waals surface area contributed by atoms with Gasteiger partial charge in [0.2, 0.25) is 0 Å². The first-order valence-electron chi connectivity index (χ1n) is 6.70. The van der Waals surface area contributed by atoms with E-state index >= 15 is 0 Å². The molecule has 0 spiro atoms. The Labute approximate surface area is 142 Å². The lowest BCUT2D eigenvalue weighted by molar-refractivity contribution is 0.393. The van der Waals surface area contributed by atoms with Crippen molar-refractivity contribution in [2.45, 2.75) is 20.4 Å². The molecule has 0 fully saturated rings. The predicted molar refractivity (Wildman–Crippen MR) is 98.3 cm³/mol. The van der Waals surface area contributed by atoms with Gasteiger partial charge >= 0.3 is 0 Å². The van der Waals surface area contributed by atoms with Gasteiger partial charge in [-0.15, -0.1) is 11.8 Å². The van der Waals surface area contributed by atoms with Gasteiger partial charge in [0.25, 0.3) is 5.56 Å². The van der Waals surface area contributed by atoms with E-state index in [1.807, 2.05) is 55.0 Å². The molecule has 0 atom stereocenters. The zero-order valence-electron chi connectivity index (χ0n) is 12.4. The lowest BCUT2D eigenvalue weighted by Gasteiger charge is -2.15. The number of halogens is 1. The molecule has 0 radical (unpaired) electrons. The highest BCUT2D eigenvalue weighted by Gasteiger charge is 2.10. The van der Waals surface area contributed by atoms with E-state index in [4.69, 9.17) is 4.74 Å². The molecular formula is C16H18INO2S. The van der Waals surface area contributed by atoms with E-state index in [0.29, 0.717) is 12.5 Å². The van der Waals surface area contributed by atoms with Crippen LogP contribution in [0.25, 0.3) is 11.3 Å². The molecule has 21 heavy (non-hydrogen) atoms. The van der Waals surface area contributed by atoms with E-state index in [1.165, 1.54) is 0 Å². The minimum Gasteiger partial charge on any atom is -0.483 e. The van der Waals surface area contributed by atoms with Gasteiger partial charge in [0.05, 0.1) is 9.26 Å². The molecule has 1 aromatic carbocycles. The third kappa shape index (κ3) is 3.63. The molecule has 0 unspecified atom stereocenters. The van der Waals surface area contributed by atoms with Gasteiger partial charge in [-0.25, -0.2) is 0 Å². The van der Waals surface area contributed by atoms with Crippen molar-refractivity contribution >= 4 is 34.4 Å². The summed E-state index contributed by atoms with van der Waals surface area (Å²) in [6.45, 7) is 4.70. The first-order chi connectivity index (χ1) is 10.1. The fraction of sp³-hybridized carbons (Fsp3) is 0.312. The Morgan fingerprint density at radius 1 is 1.29 bits per heavy atom. The summed E-state index contributed by atoms with van der Waals surface area (Å²) in [6.07, 6.45) is 2.01. The molecule has 0 aliphatic carbocycles. The molecule has 1 aromatic heterocycles. The normalized spacial score (nSPS) is 10.7. The van der Waals surface area contributed by atoms with Crippen LogP contribution in [0.5, 0.6) is 5.75 Å². The number of hydrogen-bond acceptors (Lipinski definition) is 3. The van der Waals surface area contributed by atoms with E-state index < -0.39 is 0 Å². The van der Waals surface area contributed by atoms with E-state index in [0.717, 1.165) is 26.1 Å². The summed E-state index contributed by atoms with van der Waals surface area (Å²) in [5.41, 5.74) is 3.20. The summed E-state index contributed by atoms with van der Waals surface area (Å²) in [6, 6.07) is 9.90. The van der Waals surface area contributed by atoms with Gasteiger partial charge in [0.1, 0.15) is 11.7 Å². The molecule has 0 aliphatic rings. The third-order valence-electron chi connectivity index (χ3n) is 3.26. The van der Waals surface area contributed by atoms with Crippen LogP contribution in [-0.4, -0.2) is 16.8 Å². The molecule has 0 saturated carbocycles. The Hall–Kier alpha value is -0.950. The number of pyridine rings is 1. The summed E-state index contributed by atoms with van der Waals surface area (Å²) in [5.74, 6) is 1.50. The Bertz CT molecular complexity index is 697. The number of hydrogen-bond donors (Lipinski definition) is 0. The molecule has 0 N–H and O–H groups in total. The third-order valence-corrected chi connectivity index (χ3v) is 4.44. The highest BCUT2D eigenvalue weighted by atomic mass is 127. The number of rotatable bonds is 5. The zero-order chi connectivity index (χ0) is 15.4. The maximum absolute atomic E-state index is 12.2. The van der Waals surface area contributed by atoms with Crippen LogP contribution in [0.1, 0.15) is 12.5 Å². The van der Waals surface area contributed by atoms with Crippen LogP contribution in [0.15, 0.2) is 35.1 Å². The minimum absolute atomic E-state index is 0.0673. The Morgan fingerprint density at radius 2 is 2.05 bits per heavy atom. The second kappa shape index (κ2) is 7.35. The fourth-order valence-electron chi connectivity index (χ4n) is 2.24. The summed E-state index contributed by atoms with van der Waals surface area (Å²) in [5, 5.41) is 0. The standard InChI is InChI=1S/C16H18INO2S/c1-4-18-15(8-7-14(17)16(18)19)13-6-5-12(9-11(13)2)20-10-21-3/h5-9H,4,10H2,1-3H3. The molecule has 0 aliphatic heterocycles. The van der Waals surface area contributed by atoms with Crippen molar-refractivity contribution in [2.24, 2.45) is 0 Å². The summed E-state index contributed by atoms with van der Waals surface area (Å²) < 4.78 is 8.18. The summed E-state index contributed by atoms with van der Waals surface area (Å²) in [4.78, 5) is 12.2. The molecule has 1 heterocycles. The highest BCUT2D eigenvalue weighted by molar-refractivity contribution is 14.1. The molecule has 0 bridgehead atoms. The first kappa shape index (κ1) is 16.4. The molecule has 5 heteroatoms. The van der Waals surface area contributed by atoms with Gasteiger partial charge in [-0.3, -0.25) is 4.79 Å². The maximum atomic E-state index is 12.2. The van der Waals surface area contributed by atoms with Gasteiger partial charge in [-0.2, -0.15) is 0 Å². The molecule has 2 aromatic rings. The number of nitrogens with zero attached hydrogens (tertiary/aromatic N) is 1. The second-order valence-electron chi connectivity index (χ2n) is 4.64. The monoisotopic (exact) mass is 415 g/mol. The van der Waals surface area contributed by atoms with Gasteiger partial charge in [-0.1, -0.05) is 0 Å². The average molecular weight is 415 g/mol. The molecule has 0 saturated heterocycles. The van der Waals surface area contributed by atoms with Crippen molar-refractivity contribution in [2.75, 3.05) is 12.2 Å². The Balaban J connectivity index is 2.48. The zero-order valence-corrected chi connectivity index (χ0v) is 15.3. The SMILES string of the molecule is CCn1c(-c2ccc(OCSC)cc2C)ccc(I)c1=O. The molecular weight excluding hydrogens is 397 g/mol. The van der Waals surface area contributed by atoms with Gasteiger partial charge in [0, 0.05) is 12.1 Å². The van der Waals surface area contributed by atoms with Gasteiger partial charge in [-0.05, 0) is 78.6 Å². The van der Waals surface area contributed by atoms with Crippen molar-refractivity contribution < 1.29 is 4.74 Å². The summed E-state index contributed by atoms with van der Waals surface area (Å²) in [7, 11) is 0. The van der Waals surface area contributed by atoms with Crippen molar-refractivity contribution in [1.82, 2.24) is 4.57 Å². The van der Waals surface area contributed by atoms with Crippen molar-refractivity contribution in [3.05, 3.63) is 49.8 Å². The Kier molecular flexibility index (Phi) is 5.75. The van der Waals surface area contributed by atoms with E-state index in [9.17, 15) is 4.79 Å². The smallest absolute Gasteiger partial charge is 0.264 e. The molecule has 3 nitrogen and oxygen atoms in total. The molecule has 2 rings (SSSR count). The van der Waals surface area contributed by atoms with Crippen LogP contribution >= 0.6 is 34.4 Å². The van der Waals surface area contributed by atoms with Crippen molar-refractivity contribution in [1.29, 1.82) is 0 Å². The van der Waals surface area contributed by atoms with E-state index in [2.05, 4.69) is 22.6 Å². The average Bonchev–Trinajstić information content (AvgIpc) is 2.48. The van der Waals surface area contributed by atoms with Crippen molar-refractivity contribution in [3.8, 4) is 17.0 Å². The lowest BCUT2D eigenvalue weighted by Crippen LogP contribution is -2.23. The first-order valence-corrected chi connectivity index (χ1v) is 9.17.